The van der Waals surface area contributed by atoms with Crippen molar-refractivity contribution in [1.82, 2.24) is 0 Å². The maximum Gasteiger partial charge on any atom is 1.00 e. The van der Waals surface area contributed by atoms with E-state index in [1.807, 2.05) is 0 Å². The standard InChI is InChI=1S/2C12H11P.Cu.FO2S/c2*1-3-7-11(8-4-1)13-12-9-5-2-6-10-12;;1-4(2)3/h2*1-10,13H;;/q;;+1;-1. The molecule has 4 aromatic rings. The summed E-state index contributed by atoms with van der Waals surface area (Å²) in [5.74, 6) is 0. The molecule has 0 spiro atoms. The molecule has 0 amide bonds. The van der Waals surface area contributed by atoms with E-state index in [-0.39, 0.29) is 17.1 Å². The molecule has 7 heteroatoms. The Balaban J connectivity index is 0.000000258. The molecule has 0 aromatic heterocycles. The van der Waals surface area contributed by atoms with Gasteiger partial charge in [-0.1, -0.05) is 138 Å². The smallest absolute Gasteiger partial charge is 0.392 e. The van der Waals surface area contributed by atoms with Crippen molar-refractivity contribution in [2.75, 3.05) is 0 Å². The van der Waals surface area contributed by atoms with Crippen LogP contribution in [0, 0.1) is 0 Å². The Labute approximate surface area is 199 Å². The van der Waals surface area contributed by atoms with E-state index < -0.39 is 11.1 Å². The maximum absolute atomic E-state index is 9.92. The summed E-state index contributed by atoms with van der Waals surface area (Å²) in [6, 6.07) is 42.3. The van der Waals surface area contributed by atoms with Gasteiger partial charge in [-0.05, 0) is 21.2 Å². The second-order valence-electron chi connectivity index (χ2n) is 5.91. The first-order valence-corrected chi connectivity index (χ1v) is 12.1. The minimum atomic E-state index is -3.36. The summed E-state index contributed by atoms with van der Waals surface area (Å²) in [7, 11) is 1.55. The second kappa shape index (κ2) is 16.8. The molecule has 0 aliphatic heterocycles. The van der Waals surface area contributed by atoms with E-state index >= 15 is 0 Å². The van der Waals surface area contributed by atoms with Crippen molar-refractivity contribution in [2.24, 2.45) is 0 Å². The molecular weight excluding hydrogens is 497 g/mol. The van der Waals surface area contributed by atoms with Gasteiger partial charge in [0, 0.05) is 0 Å². The molecule has 0 saturated carbocycles. The zero-order valence-corrected chi connectivity index (χ0v) is 20.2. The minimum Gasteiger partial charge on any atom is -0.392 e. The van der Waals surface area contributed by atoms with Crippen LogP contribution in [0.5, 0.6) is 0 Å². The van der Waals surface area contributed by atoms with E-state index in [9.17, 15) is 3.89 Å². The minimum absolute atomic E-state index is 0. The van der Waals surface area contributed by atoms with E-state index in [0.717, 1.165) is 17.2 Å². The van der Waals surface area contributed by atoms with Crippen LogP contribution in [-0.4, -0.2) is 0 Å². The van der Waals surface area contributed by atoms with Crippen molar-refractivity contribution >= 4 is 49.5 Å². The van der Waals surface area contributed by atoms with Gasteiger partial charge in [0.2, 0.25) is 0 Å². The van der Waals surface area contributed by atoms with Crippen molar-refractivity contribution in [1.29, 1.82) is 0 Å². The first kappa shape index (κ1) is 27.2. The summed E-state index contributed by atoms with van der Waals surface area (Å²) in [6.07, 6.45) is 0. The monoisotopic (exact) mass is 518 g/mol. The van der Waals surface area contributed by atoms with Crippen LogP contribution in [0.2, 0.25) is 0 Å². The van der Waals surface area contributed by atoms with Crippen molar-refractivity contribution in [3.8, 4) is 0 Å². The molecule has 0 aliphatic rings. The first-order chi connectivity index (χ1) is 14.6. The van der Waals surface area contributed by atoms with E-state index in [1.54, 1.807) is 0 Å². The van der Waals surface area contributed by atoms with Gasteiger partial charge < -0.3 is 12.3 Å². The summed E-state index contributed by atoms with van der Waals surface area (Å²) in [6.45, 7) is 0. The summed E-state index contributed by atoms with van der Waals surface area (Å²) < 4.78 is 26.6. The SMILES string of the molecule is O=[S-](=O)F.[Cu+].c1ccc(Pc2ccccc2)cc1.c1ccc(Pc2ccccc2)cc1. The van der Waals surface area contributed by atoms with Gasteiger partial charge in [-0.25, -0.2) is 0 Å². The zero-order valence-electron chi connectivity index (χ0n) is 16.5. The molecular formula is C24H22CuFO2P2S. The third-order valence-corrected chi connectivity index (χ3v) is 6.16. The Morgan fingerprint density at radius 2 is 0.613 bits per heavy atom. The Morgan fingerprint density at radius 3 is 0.774 bits per heavy atom. The van der Waals surface area contributed by atoms with Gasteiger partial charge in [0.15, 0.2) is 0 Å². The topological polar surface area (TPSA) is 34.1 Å². The van der Waals surface area contributed by atoms with Crippen LogP contribution in [-0.2, 0) is 36.6 Å². The Kier molecular flexibility index (Phi) is 14.7. The molecule has 4 aromatic carbocycles. The van der Waals surface area contributed by atoms with Crippen LogP contribution in [0.25, 0.3) is 0 Å². The normalized spacial score (nSPS) is 9.35. The van der Waals surface area contributed by atoms with E-state index in [1.165, 1.54) is 21.2 Å². The summed E-state index contributed by atoms with van der Waals surface area (Å²) >= 11 is -3.36. The predicted molar refractivity (Wildman–Crippen MR) is 131 cm³/mol. The van der Waals surface area contributed by atoms with E-state index in [2.05, 4.69) is 121 Å². The fourth-order valence-corrected chi connectivity index (χ4v) is 4.52. The number of hydrogen-bond acceptors (Lipinski definition) is 3. The summed E-state index contributed by atoms with van der Waals surface area (Å²) in [5.41, 5.74) is 0. The predicted octanol–water partition coefficient (Wildman–Crippen LogP) is 4.81. The Hall–Kier alpha value is -1.86. The second-order valence-corrected chi connectivity index (χ2v) is 9.11. The van der Waals surface area contributed by atoms with Gasteiger partial charge in [0.1, 0.15) is 0 Å². The van der Waals surface area contributed by atoms with Crippen molar-refractivity contribution in [3.63, 3.8) is 0 Å². The van der Waals surface area contributed by atoms with Gasteiger partial charge in [-0.3, -0.25) is 0 Å². The van der Waals surface area contributed by atoms with E-state index in [0.29, 0.717) is 0 Å². The molecule has 0 unspecified atom stereocenters. The van der Waals surface area contributed by atoms with Crippen LogP contribution in [0.3, 0.4) is 0 Å². The molecule has 0 fully saturated rings. The summed E-state index contributed by atoms with van der Waals surface area (Å²) in [5, 5.41) is 5.59. The van der Waals surface area contributed by atoms with Crippen LogP contribution in [0.15, 0.2) is 121 Å². The van der Waals surface area contributed by atoms with Gasteiger partial charge in [0.05, 0.1) is 11.1 Å². The maximum atomic E-state index is 9.92. The van der Waals surface area contributed by atoms with Crippen molar-refractivity contribution < 1.29 is 29.4 Å². The van der Waals surface area contributed by atoms with Gasteiger partial charge in [0.25, 0.3) is 0 Å². The average molecular weight is 519 g/mol. The fourth-order valence-electron chi connectivity index (χ4n) is 2.42. The number of halogens is 1. The molecule has 0 saturated heterocycles. The molecule has 2 nitrogen and oxygen atoms in total. The molecule has 0 aliphatic carbocycles. The molecule has 0 atom stereocenters. The van der Waals surface area contributed by atoms with Crippen LogP contribution < -0.4 is 21.2 Å². The molecule has 4 rings (SSSR count). The molecule has 0 bridgehead atoms. The van der Waals surface area contributed by atoms with Crippen LogP contribution in [0.1, 0.15) is 0 Å². The molecule has 0 N–H and O–H groups in total. The largest absolute Gasteiger partial charge is 1.00 e. The third-order valence-electron chi connectivity index (χ3n) is 3.67. The first-order valence-electron chi connectivity index (χ1n) is 9.13. The number of rotatable bonds is 4. The number of benzene rings is 4. The van der Waals surface area contributed by atoms with Gasteiger partial charge >= 0.3 is 17.1 Å². The third kappa shape index (κ3) is 13.2. The Morgan fingerprint density at radius 1 is 0.452 bits per heavy atom. The average Bonchev–Trinajstić information content (AvgIpc) is 2.77. The van der Waals surface area contributed by atoms with Crippen LogP contribution >= 0.6 is 17.2 Å². The molecule has 0 radical (unpaired) electrons. The van der Waals surface area contributed by atoms with Crippen LogP contribution in [0.4, 0.5) is 3.89 Å². The molecule has 164 valence electrons. The van der Waals surface area contributed by atoms with E-state index in [4.69, 9.17) is 8.42 Å². The zero-order chi connectivity index (χ0) is 21.4. The Bertz CT molecular complexity index is 876. The molecule has 31 heavy (non-hydrogen) atoms. The number of hydrogen-bond donors (Lipinski definition) is 0. The summed E-state index contributed by atoms with van der Waals surface area (Å²) in [4.78, 5) is 0. The van der Waals surface area contributed by atoms with Gasteiger partial charge in [-0.15, -0.1) is 0 Å². The van der Waals surface area contributed by atoms with Crippen molar-refractivity contribution in [2.45, 2.75) is 0 Å². The van der Waals surface area contributed by atoms with Crippen molar-refractivity contribution in [3.05, 3.63) is 121 Å². The fraction of sp³-hybridized carbons (Fsp3) is 0. The van der Waals surface area contributed by atoms with Gasteiger partial charge in [-0.2, -0.15) is 0 Å². The quantitative estimate of drug-likeness (QED) is 0.168. The molecule has 0 heterocycles.